The van der Waals surface area contributed by atoms with E-state index in [1.807, 2.05) is 36.4 Å². The Balaban J connectivity index is 1.38. The largest absolute Gasteiger partial charge is 0.312 e. The van der Waals surface area contributed by atoms with Gasteiger partial charge in [-0.2, -0.15) is 4.31 Å². The first-order chi connectivity index (χ1) is 13.6. The van der Waals surface area contributed by atoms with E-state index >= 15 is 0 Å². The average Bonchev–Trinajstić information content (AvgIpc) is 3.17. The van der Waals surface area contributed by atoms with Gasteiger partial charge < -0.3 is 9.88 Å². The first kappa shape index (κ1) is 17.8. The van der Waals surface area contributed by atoms with Crippen LogP contribution < -0.4 is 5.32 Å². The molecule has 0 bridgehead atoms. The minimum Gasteiger partial charge on any atom is -0.312 e. The van der Waals surface area contributed by atoms with Crippen molar-refractivity contribution in [1.29, 1.82) is 0 Å². The molecule has 1 saturated heterocycles. The Hall–Kier alpha value is -2.29. The highest BCUT2D eigenvalue weighted by molar-refractivity contribution is 7.89. The van der Waals surface area contributed by atoms with Crippen LogP contribution in [0.3, 0.4) is 0 Å². The molecule has 0 atom stereocenters. The summed E-state index contributed by atoms with van der Waals surface area (Å²) in [6, 6.07) is 13.1. The number of piperidine rings is 1. The van der Waals surface area contributed by atoms with E-state index in [2.05, 4.69) is 20.1 Å². The van der Waals surface area contributed by atoms with Crippen LogP contribution in [0, 0.1) is 0 Å². The summed E-state index contributed by atoms with van der Waals surface area (Å²) in [7, 11) is -3.52. The van der Waals surface area contributed by atoms with Crippen molar-refractivity contribution in [1.82, 2.24) is 24.4 Å². The standard InChI is InChI=1S/C20H23N5O2S/c26-28(27,18-7-3-5-15-4-1-2-6-17(15)18)24-11-8-16(9-12-24)20-23-22-19-14-21-10-13-25(19)20/h1-7,16,21H,8-14H2. The molecule has 28 heavy (non-hydrogen) atoms. The minimum atomic E-state index is -3.52. The Morgan fingerprint density at radius 1 is 0.964 bits per heavy atom. The zero-order chi connectivity index (χ0) is 19.1. The van der Waals surface area contributed by atoms with Crippen LogP contribution in [0.15, 0.2) is 47.4 Å². The molecule has 0 aliphatic carbocycles. The van der Waals surface area contributed by atoms with E-state index in [0.717, 1.165) is 54.9 Å². The number of hydrogen-bond donors (Lipinski definition) is 1. The molecule has 3 aromatic rings. The lowest BCUT2D eigenvalue weighted by atomic mass is 9.97. The minimum absolute atomic E-state index is 0.262. The lowest BCUT2D eigenvalue weighted by molar-refractivity contribution is 0.307. The number of aromatic nitrogens is 3. The molecule has 0 radical (unpaired) electrons. The van der Waals surface area contributed by atoms with Gasteiger partial charge in [0.25, 0.3) is 0 Å². The van der Waals surface area contributed by atoms with Gasteiger partial charge in [-0.3, -0.25) is 0 Å². The molecule has 0 saturated carbocycles. The zero-order valence-electron chi connectivity index (χ0n) is 15.6. The Bertz CT molecular complexity index is 1110. The molecule has 8 heteroatoms. The van der Waals surface area contributed by atoms with Crippen LogP contribution in [0.1, 0.15) is 30.4 Å². The second kappa shape index (κ2) is 6.95. The van der Waals surface area contributed by atoms with E-state index < -0.39 is 10.0 Å². The normalized spacial score (nSPS) is 19.0. The third-order valence-corrected chi connectivity index (χ3v) is 7.79. The molecule has 7 nitrogen and oxygen atoms in total. The second-order valence-corrected chi connectivity index (χ2v) is 9.36. The molecule has 0 spiro atoms. The van der Waals surface area contributed by atoms with E-state index in [4.69, 9.17) is 0 Å². The van der Waals surface area contributed by atoms with Crippen molar-refractivity contribution in [2.75, 3.05) is 19.6 Å². The van der Waals surface area contributed by atoms with Gasteiger partial charge >= 0.3 is 0 Å². The predicted octanol–water partition coefficient (Wildman–Crippen LogP) is 2.10. The number of sulfonamides is 1. The second-order valence-electron chi connectivity index (χ2n) is 7.46. The molecule has 2 aliphatic rings. The molecular weight excluding hydrogens is 374 g/mol. The van der Waals surface area contributed by atoms with Crippen LogP contribution in [-0.4, -0.2) is 47.1 Å². The SMILES string of the molecule is O=S(=O)(c1cccc2ccccc12)N1CCC(c2nnc3n2CCNC3)CC1. The van der Waals surface area contributed by atoms with Crippen molar-refractivity contribution in [2.24, 2.45) is 0 Å². The molecule has 0 unspecified atom stereocenters. The number of fused-ring (bicyclic) bond motifs is 2. The maximum absolute atomic E-state index is 13.3. The van der Waals surface area contributed by atoms with E-state index in [0.29, 0.717) is 18.0 Å². The molecule has 1 fully saturated rings. The van der Waals surface area contributed by atoms with Crippen LogP contribution in [0.25, 0.3) is 10.8 Å². The summed E-state index contributed by atoms with van der Waals surface area (Å²) in [6.45, 7) is 3.58. The highest BCUT2D eigenvalue weighted by Gasteiger charge is 2.33. The summed E-state index contributed by atoms with van der Waals surface area (Å²) in [5.74, 6) is 2.25. The van der Waals surface area contributed by atoms with Gasteiger partial charge in [-0.05, 0) is 24.3 Å². The molecule has 1 aromatic heterocycles. The Morgan fingerprint density at radius 2 is 1.75 bits per heavy atom. The summed E-state index contributed by atoms with van der Waals surface area (Å²) in [4.78, 5) is 0.398. The monoisotopic (exact) mass is 397 g/mol. The molecule has 5 rings (SSSR count). The van der Waals surface area contributed by atoms with E-state index in [1.165, 1.54) is 0 Å². The molecular formula is C20H23N5O2S. The maximum atomic E-state index is 13.3. The van der Waals surface area contributed by atoms with Crippen molar-refractivity contribution in [3.05, 3.63) is 54.1 Å². The summed E-state index contributed by atoms with van der Waals surface area (Å²) in [6.07, 6.45) is 1.55. The van der Waals surface area contributed by atoms with Crippen LogP contribution in [0.4, 0.5) is 0 Å². The first-order valence-corrected chi connectivity index (χ1v) is 11.2. The van der Waals surface area contributed by atoms with Gasteiger partial charge in [-0.1, -0.05) is 36.4 Å². The Morgan fingerprint density at radius 3 is 2.61 bits per heavy atom. The highest BCUT2D eigenvalue weighted by Crippen LogP contribution is 2.32. The van der Waals surface area contributed by atoms with Crippen molar-refractivity contribution in [3.63, 3.8) is 0 Å². The molecule has 2 aromatic carbocycles. The van der Waals surface area contributed by atoms with Gasteiger partial charge in [0.2, 0.25) is 10.0 Å². The maximum Gasteiger partial charge on any atom is 0.243 e. The smallest absolute Gasteiger partial charge is 0.243 e. The summed E-state index contributed by atoms with van der Waals surface area (Å²) >= 11 is 0. The lowest BCUT2D eigenvalue weighted by Crippen LogP contribution is -2.39. The van der Waals surface area contributed by atoms with Crippen molar-refractivity contribution in [2.45, 2.75) is 36.7 Å². The molecule has 0 amide bonds. The summed E-state index contributed by atoms with van der Waals surface area (Å²) in [5.41, 5.74) is 0. The molecule has 1 N–H and O–H groups in total. The lowest BCUT2D eigenvalue weighted by Gasteiger charge is -2.31. The van der Waals surface area contributed by atoms with E-state index in [9.17, 15) is 8.42 Å². The van der Waals surface area contributed by atoms with E-state index in [1.54, 1.807) is 10.4 Å². The van der Waals surface area contributed by atoms with Crippen LogP contribution in [0.2, 0.25) is 0 Å². The van der Waals surface area contributed by atoms with Gasteiger partial charge in [0.05, 0.1) is 11.4 Å². The fraction of sp³-hybridized carbons (Fsp3) is 0.400. The van der Waals surface area contributed by atoms with Gasteiger partial charge in [-0.25, -0.2) is 8.42 Å². The van der Waals surface area contributed by atoms with Gasteiger partial charge in [0, 0.05) is 37.5 Å². The third-order valence-electron chi connectivity index (χ3n) is 5.84. The van der Waals surface area contributed by atoms with Crippen LogP contribution in [-0.2, 0) is 23.1 Å². The Kier molecular flexibility index (Phi) is 4.41. The molecule has 3 heterocycles. The van der Waals surface area contributed by atoms with Crippen molar-refractivity contribution >= 4 is 20.8 Å². The fourth-order valence-electron chi connectivity index (χ4n) is 4.33. The highest BCUT2D eigenvalue weighted by atomic mass is 32.2. The molecule has 146 valence electrons. The van der Waals surface area contributed by atoms with Crippen LogP contribution in [0.5, 0.6) is 0 Å². The number of benzene rings is 2. The van der Waals surface area contributed by atoms with Crippen molar-refractivity contribution < 1.29 is 8.42 Å². The van der Waals surface area contributed by atoms with Crippen molar-refractivity contribution in [3.8, 4) is 0 Å². The van der Waals surface area contributed by atoms with E-state index in [-0.39, 0.29) is 5.92 Å². The summed E-state index contributed by atoms with van der Waals surface area (Å²) < 4.78 is 30.5. The molecule has 2 aliphatic heterocycles. The van der Waals surface area contributed by atoms with Gasteiger partial charge in [0.1, 0.15) is 11.6 Å². The number of nitrogens with one attached hydrogen (secondary N) is 1. The average molecular weight is 398 g/mol. The van der Waals surface area contributed by atoms with Crippen LogP contribution >= 0.6 is 0 Å². The topological polar surface area (TPSA) is 80.1 Å². The Labute approximate surface area is 164 Å². The fourth-order valence-corrected chi connectivity index (χ4v) is 6.01. The number of hydrogen-bond acceptors (Lipinski definition) is 5. The summed E-state index contributed by atoms with van der Waals surface area (Å²) in [5, 5.41) is 13.7. The number of rotatable bonds is 3. The van der Waals surface area contributed by atoms with Gasteiger partial charge in [0.15, 0.2) is 0 Å². The predicted molar refractivity (Wildman–Crippen MR) is 106 cm³/mol. The zero-order valence-corrected chi connectivity index (χ0v) is 16.4. The third kappa shape index (κ3) is 2.92. The first-order valence-electron chi connectivity index (χ1n) is 9.75. The number of nitrogens with zero attached hydrogens (tertiary/aromatic N) is 4. The quantitative estimate of drug-likeness (QED) is 0.732. The van der Waals surface area contributed by atoms with Gasteiger partial charge in [-0.15, -0.1) is 10.2 Å².